The molecule has 40 heavy (non-hydrogen) atoms. The van der Waals surface area contributed by atoms with E-state index in [-0.39, 0.29) is 0 Å². The zero-order valence-electron chi connectivity index (χ0n) is 21.3. The molecule has 0 unspecified atom stereocenters. The minimum Gasteiger partial charge on any atom is -0.309 e. The molecule has 0 atom stereocenters. The van der Waals surface area contributed by atoms with Crippen molar-refractivity contribution in [3.8, 4) is 5.69 Å². The maximum absolute atomic E-state index is 5.21. The molecule has 0 aliphatic heterocycles. The van der Waals surface area contributed by atoms with E-state index in [2.05, 4.69) is 118 Å². The molecular formula is C36H20N4. The third-order valence-corrected chi connectivity index (χ3v) is 8.58. The molecule has 0 saturated carbocycles. The van der Waals surface area contributed by atoms with Crippen LogP contribution in [0.5, 0.6) is 0 Å². The van der Waals surface area contributed by atoms with Gasteiger partial charge in [0.1, 0.15) is 5.52 Å². The van der Waals surface area contributed by atoms with Gasteiger partial charge in [0.2, 0.25) is 0 Å². The van der Waals surface area contributed by atoms with Crippen molar-refractivity contribution in [2.24, 2.45) is 0 Å². The predicted octanol–water partition coefficient (Wildman–Crippen LogP) is 9.03. The van der Waals surface area contributed by atoms with E-state index in [1.807, 2.05) is 12.1 Å². The summed E-state index contributed by atoms with van der Waals surface area (Å²) in [5.41, 5.74) is 9.59. The lowest BCUT2D eigenvalue weighted by Crippen LogP contribution is -1.93. The van der Waals surface area contributed by atoms with E-state index < -0.39 is 0 Å². The van der Waals surface area contributed by atoms with Gasteiger partial charge < -0.3 is 4.57 Å². The highest BCUT2D eigenvalue weighted by molar-refractivity contribution is 6.32. The molecule has 10 aromatic rings. The monoisotopic (exact) mass is 508 g/mol. The molecule has 0 aliphatic rings. The van der Waals surface area contributed by atoms with Crippen LogP contribution in [0.1, 0.15) is 0 Å². The number of benzene rings is 6. The van der Waals surface area contributed by atoms with Crippen LogP contribution in [0.3, 0.4) is 0 Å². The van der Waals surface area contributed by atoms with Crippen LogP contribution in [-0.4, -0.2) is 18.9 Å². The van der Waals surface area contributed by atoms with Gasteiger partial charge in [0.15, 0.2) is 5.65 Å². The first kappa shape index (κ1) is 20.5. The summed E-state index contributed by atoms with van der Waals surface area (Å²) in [5.74, 6) is 0. The highest BCUT2D eigenvalue weighted by Gasteiger charge is 2.24. The average Bonchev–Trinajstić information content (AvgIpc) is 3.63. The van der Waals surface area contributed by atoms with Gasteiger partial charge in [-0.05, 0) is 59.3 Å². The molecule has 0 fully saturated rings. The van der Waals surface area contributed by atoms with Crippen molar-refractivity contribution >= 4 is 82.0 Å². The Balaban J connectivity index is 1.51. The van der Waals surface area contributed by atoms with Gasteiger partial charge in [-0.3, -0.25) is 4.40 Å². The van der Waals surface area contributed by atoms with Crippen LogP contribution in [0.15, 0.2) is 121 Å². The smallest absolute Gasteiger partial charge is 0.165 e. The first-order valence-corrected chi connectivity index (χ1v) is 13.6. The Morgan fingerprint density at radius 1 is 0.475 bits per heavy atom. The van der Waals surface area contributed by atoms with Crippen LogP contribution < -0.4 is 0 Å². The van der Waals surface area contributed by atoms with Crippen molar-refractivity contribution in [2.75, 3.05) is 0 Å². The second kappa shape index (κ2) is 7.13. The van der Waals surface area contributed by atoms with E-state index in [1.165, 1.54) is 48.9 Å². The average molecular weight is 509 g/mol. The van der Waals surface area contributed by atoms with Crippen LogP contribution in [0.4, 0.5) is 0 Å². The van der Waals surface area contributed by atoms with Gasteiger partial charge in [-0.1, -0.05) is 72.8 Å². The Kier molecular flexibility index (Phi) is 3.65. The Bertz CT molecular complexity index is 2640. The highest BCUT2D eigenvalue weighted by atomic mass is 15.0. The number of fused-ring (bicyclic) bond motifs is 12. The molecule has 0 saturated heterocycles. The van der Waals surface area contributed by atoms with Crippen LogP contribution in [0.2, 0.25) is 0 Å². The third kappa shape index (κ3) is 2.42. The Hall–Kier alpha value is -5.48. The number of rotatable bonds is 1. The molecule has 0 spiro atoms. The fourth-order valence-electron chi connectivity index (χ4n) is 6.93. The number of hydrogen-bond donors (Lipinski definition) is 0. The number of nitrogens with zero attached hydrogens (tertiary/aromatic N) is 4. The summed E-state index contributed by atoms with van der Waals surface area (Å²) in [6.45, 7) is 0. The first-order chi connectivity index (χ1) is 19.8. The zero-order chi connectivity index (χ0) is 25.9. The second-order valence-electron chi connectivity index (χ2n) is 10.7. The van der Waals surface area contributed by atoms with Crippen LogP contribution >= 0.6 is 0 Å². The summed E-state index contributed by atoms with van der Waals surface area (Å²) in [4.78, 5) is 10.4. The maximum Gasteiger partial charge on any atom is 0.165 e. The Morgan fingerprint density at radius 3 is 2.08 bits per heavy atom. The van der Waals surface area contributed by atoms with Crippen molar-refractivity contribution in [3.63, 3.8) is 0 Å². The molecule has 0 bridgehead atoms. The lowest BCUT2D eigenvalue weighted by Gasteiger charge is -2.08. The van der Waals surface area contributed by atoms with E-state index in [0.717, 1.165) is 38.8 Å². The standard InChI is InChI=1S/C36H20N4/c1-2-11-22(12-3-1)39-30-17-9-6-14-24(30)25-19-26-32(20-31(25)39)40-35-27(18-21-10-4-5-13-23(21)33(26)35)34-36(40)38-29-16-8-7-15-28(29)37-34/h1-20H. The van der Waals surface area contributed by atoms with Crippen molar-refractivity contribution in [1.82, 2.24) is 18.9 Å². The second-order valence-corrected chi connectivity index (χ2v) is 10.7. The molecule has 0 radical (unpaired) electrons. The normalized spacial score (nSPS) is 12.5. The van der Waals surface area contributed by atoms with E-state index in [0.29, 0.717) is 0 Å². The van der Waals surface area contributed by atoms with Crippen LogP contribution in [-0.2, 0) is 0 Å². The number of para-hydroxylation sites is 4. The summed E-state index contributed by atoms with van der Waals surface area (Å²) >= 11 is 0. The largest absolute Gasteiger partial charge is 0.309 e. The van der Waals surface area contributed by atoms with Gasteiger partial charge in [0, 0.05) is 32.6 Å². The summed E-state index contributed by atoms with van der Waals surface area (Å²) in [7, 11) is 0. The lowest BCUT2D eigenvalue weighted by atomic mass is 10.0. The molecule has 4 heterocycles. The van der Waals surface area contributed by atoms with Crippen molar-refractivity contribution in [1.29, 1.82) is 0 Å². The number of aromatic nitrogens is 4. The van der Waals surface area contributed by atoms with Gasteiger partial charge in [-0.2, -0.15) is 0 Å². The molecular weight excluding hydrogens is 488 g/mol. The first-order valence-electron chi connectivity index (χ1n) is 13.6. The molecule has 10 rings (SSSR count). The van der Waals surface area contributed by atoms with E-state index in [1.54, 1.807) is 0 Å². The van der Waals surface area contributed by atoms with Crippen LogP contribution in [0, 0.1) is 0 Å². The van der Waals surface area contributed by atoms with Gasteiger partial charge in [0.25, 0.3) is 0 Å². The SMILES string of the molecule is c1ccc(-n2c3ccccc3c3cc4c5c6ccccc6cc6c7nc8ccccc8nc7n(c4cc32)c65)cc1. The van der Waals surface area contributed by atoms with Gasteiger partial charge in [-0.15, -0.1) is 0 Å². The zero-order valence-corrected chi connectivity index (χ0v) is 21.3. The molecule has 4 heteroatoms. The molecule has 0 N–H and O–H groups in total. The molecule has 0 amide bonds. The quantitative estimate of drug-likeness (QED) is 0.222. The summed E-state index contributed by atoms with van der Waals surface area (Å²) in [6.07, 6.45) is 0. The molecule has 4 nitrogen and oxygen atoms in total. The Morgan fingerprint density at radius 2 is 1.20 bits per heavy atom. The summed E-state index contributed by atoms with van der Waals surface area (Å²) in [6, 6.07) is 43.3. The van der Waals surface area contributed by atoms with Crippen molar-refractivity contribution < 1.29 is 0 Å². The molecule has 184 valence electrons. The predicted molar refractivity (Wildman–Crippen MR) is 166 cm³/mol. The summed E-state index contributed by atoms with van der Waals surface area (Å²) < 4.78 is 4.74. The molecule has 6 aromatic carbocycles. The maximum atomic E-state index is 5.21. The number of hydrogen-bond acceptors (Lipinski definition) is 2. The van der Waals surface area contributed by atoms with E-state index in [9.17, 15) is 0 Å². The van der Waals surface area contributed by atoms with Gasteiger partial charge in [-0.25, -0.2) is 9.97 Å². The van der Waals surface area contributed by atoms with Crippen molar-refractivity contribution in [2.45, 2.75) is 0 Å². The van der Waals surface area contributed by atoms with Gasteiger partial charge in [0.05, 0.1) is 33.1 Å². The van der Waals surface area contributed by atoms with E-state index in [4.69, 9.17) is 9.97 Å². The third-order valence-electron chi connectivity index (χ3n) is 8.58. The van der Waals surface area contributed by atoms with Gasteiger partial charge >= 0.3 is 0 Å². The summed E-state index contributed by atoms with van der Waals surface area (Å²) in [5, 5.41) is 8.66. The topological polar surface area (TPSA) is 35.1 Å². The Labute approximate surface area is 227 Å². The highest BCUT2D eigenvalue weighted by Crippen LogP contribution is 2.45. The minimum absolute atomic E-state index is 0.908. The molecule has 4 aromatic heterocycles. The lowest BCUT2D eigenvalue weighted by molar-refractivity contribution is 1.18. The van der Waals surface area contributed by atoms with Crippen LogP contribution in [0.25, 0.3) is 87.7 Å². The van der Waals surface area contributed by atoms with Crippen molar-refractivity contribution in [3.05, 3.63) is 121 Å². The molecule has 0 aliphatic carbocycles. The fourth-order valence-corrected chi connectivity index (χ4v) is 6.93. The minimum atomic E-state index is 0.908. The fraction of sp³-hybridized carbons (Fsp3) is 0. The van der Waals surface area contributed by atoms with E-state index >= 15 is 0 Å².